The molecule has 0 atom stereocenters. The molecular formula is C11H14N4O. The predicted molar refractivity (Wildman–Crippen MR) is 62.4 cm³/mol. The van der Waals surface area contributed by atoms with E-state index in [0.717, 1.165) is 11.9 Å². The lowest BCUT2D eigenvalue weighted by atomic mass is 10.3. The van der Waals surface area contributed by atoms with Crippen molar-refractivity contribution >= 4 is 10.9 Å². The molecule has 0 spiro atoms. The number of fused-ring (bicyclic) bond motifs is 1. The molecule has 2 heterocycles. The highest BCUT2D eigenvalue weighted by Gasteiger charge is 2.04. The Morgan fingerprint density at radius 3 is 3.00 bits per heavy atom. The van der Waals surface area contributed by atoms with E-state index in [-0.39, 0.29) is 5.56 Å². The number of hydrogen-bond donors (Lipinski definition) is 0. The van der Waals surface area contributed by atoms with Gasteiger partial charge in [0, 0.05) is 18.1 Å². The summed E-state index contributed by atoms with van der Waals surface area (Å²) in [5.74, 6) is 0. The number of pyridine rings is 1. The molecule has 5 heteroatoms. The van der Waals surface area contributed by atoms with Crippen molar-refractivity contribution in [2.75, 3.05) is 20.6 Å². The molecule has 16 heavy (non-hydrogen) atoms. The van der Waals surface area contributed by atoms with Crippen molar-refractivity contribution < 1.29 is 0 Å². The number of aromatic nitrogens is 3. The van der Waals surface area contributed by atoms with Gasteiger partial charge in [0.25, 0.3) is 5.56 Å². The molecule has 0 unspecified atom stereocenters. The van der Waals surface area contributed by atoms with E-state index in [0.29, 0.717) is 12.1 Å². The van der Waals surface area contributed by atoms with E-state index in [1.165, 1.54) is 4.68 Å². The molecule has 2 rings (SSSR count). The Morgan fingerprint density at radius 2 is 2.25 bits per heavy atom. The Labute approximate surface area is 93.3 Å². The third kappa shape index (κ3) is 2.09. The van der Waals surface area contributed by atoms with Gasteiger partial charge in [-0.1, -0.05) is 0 Å². The van der Waals surface area contributed by atoms with Crippen molar-refractivity contribution in [2.45, 2.75) is 6.54 Å². The van der Waals surface area contributed by atoms with Gasteiger partial charge < -0.3 is 4.90 Å². The first-order chi connectivity index (χ1) is 7.68. The van der Waals surface area contributed by atoms with Crippen LogP contribution in [0.25, 0.3) is 10.9 Å². The lowest BCUT2D eigenvalue weighted by Gasteiger charge is -2.10. The van der Waals surface area contributed by atoms with Gasteiger partial charge in [0.2, 0.25) is 0 Å². The van der Waals surface area contributed by atoms with E-state index in [1.807, 2.05) is 25.1 Å². The maximum absolute atomic E-state index is 12.0. The van der Waals surface area contributed by atoms with Crippen molar-refractivity contribution in [2.24, 2.45) is 0 Å². The third-order valence-corrected chi connectivity index (χ3v) is 2.37. The molecule has 0 saturated heterocycles. The van der Waals surface area contributed by atoms with Crippen LogP contribution in [-0.4, -0.2) is 40.3 Å². The molecule has 0 radical (unpaired) electrons. The SMILES string of the molecule is CN(C)CCn1ncc2cccnc2c1=O. The minimum atomic E-state index is -0.125. The lowest BCUT2D eigenvalue weighted by Crippen LogP contribution is -2.28. The maximum atomic E-state index is 12.0. The summed E-state index contributed by atoms with van der Waals surface area (Å²) in [6, 6.07) is 3.64. The second-order valence-electron chi connectivity index (χ2n) is 3.92. The van der Waals surface area contributed by atoms with Crippen LogP contribution < -0.4 is 5.56 Å². The van der Waals surface area contributed by atoms with Gasteiger partial charge >= 0.3 is 0 Å². The minimum Gasteiger partial charge on any atom is -0.308 e. The quantitative estimate of drug-likeness (QED) is 0.746. The standard InChI is InChI=1S/C11H14N4O/c1-14(2)6-7-15-11(16)10-9(8-13-15)4-3-5-12-10/h3-5,8H,6-7H2,1-2H3. The molecule has 0 aliphatic carbocycles. The van der Waals surface area contributed by atoms with E-state index in [2.05, 4.69) is 10.1 Å². The van der Waals surface area contributed by atoms with Crippen molar-refractivity contribution in [1.82, 2.24) is 19.7 Å². The molecule has 84 valence electrons. The summed E-state index contributed by atoms with van der Waals surface area (Å²) in [6.07, 6.45) is 3.30. The van der Waals surface area contributed by atoms with Gasteiger partial charge in [0.05, 0.1) is 12.7 Å². The number of hydrogen-bond acceptors (Lipinski definition) is 4. The Bertz CT molecular complexity index is 547. The Morgan fingerprint density at radius 1 is 1.44 bits per heavy atom. The van der Waals surface area contributed by atoms with Gasteiger partial charge in [0.1, 0.15) is 5.52 Å². The first-order valence-corrected chi connectivity index (χ1v) is 5.14. The van der Waals surface area contributed by atoms with Gasteiger partial charge in [-0.05, 0) is 26.2 Å². The fraction of sp³-hybridized carbons (Fsp3) is 0.364. The van der Waals surface area contributed by atoms with Crippen LogP contribution in [0.5, 0.6) is 0 Å². The summed E-state index contributed by atoms with van der Waals surface area (Å²) in [5, 5.41) is 4.90. The van der Waals surface area contributed by atoms with Gasteiger partial charge in [-0.15, -0.1) is 0 Å². The largest absolute Gasteiger partial charge is 0.308 e. The highest BCUT2D eigenvalue weighted by atomic mass is 16.1. The third-order valence-electron chi connectivity index (χ3n) is 2.37. The summed E-state index contributed by atoms with van der Waals surface area (Å²) < 4.78 is 1.45. The molecule has 2 aromatic rings. The molecule has 0 aliphatic rings. The van der Waals surface area contributed by atoms with Gasteiger partial charge in [0.15, 0.2) is 0 Å². The van der Waals surface area contributed by atoms with Crippen LogP contribution in [-0.2, 0) is 6.54 Å². The van der Waals surface area contributed by atoms with E-state index in [9.17, 15) is 4.79 Å². The number of rotatable bonds is 3. The van der Waals surface area contributed by atoms with Crippen molar-refractivity contribution in [1.29, 1.82) is 0 Å². The van der Waals surface area contributed by atoms with E-state index >= 15 is 0 Å². The molecule has 0 amide bonds. The highest BCUT2D eigenvalue weighted by molar-refractivity contribution is 5.75. The fourth-order valence-corrected chi connectivity index (χ4v) is 1.46. The van der Waals surface area contributed by atoms with Crippen molar-refractivity contribution in [3.05, 3.63) is 34.9 Å². The first-order valence-electron chi connectivity index (χ1n) is 5.14. The molecule has 0 N–H and O–H groups in total. The van der Waals surface area contributed by atoms with E-state index < -0.39 is 0 Å². The average molecular weight is 218 g/mol. The van der Waals surface area contributed by atoms with Crippen molar-refractivity contribution in [3.8, 4) is 0 Å². The van der Waals surface area contributed by atoms with Crippen LogP contribution >= 0.6 is 0 Å². The molecule has 0 aliphatic heterocycles. The molecule has 5 nitrogen and oxygen atoms in total. The molecular weight excluding hydrogens is 204 g/mol. The first kappa shape index (κ1) is 10.8. The monoisotopic (exact) mass is 218 g/mol. The summed E-state index contributed by atoms with van der Waals surface area (Å²) in [5.41, 5.74) is 0.358. The van der Waals surface area contributed by atoms with E-state index in [1.54, 1.807) is 18.5 Å². The number of nitrogens with zero attached hydrogens (tertiary/aromatic N) is 4. The van der Waals surface area contributed by atoms with Crippen LogP contribution in [0.1, 0.15) is 0 Å². The summed E-state index contributed by atoms with van der Waals surface area (Å²) in [4.78, 5) is 18.1. The molecule has 0 bridgehead atoms. The van der Waals surface area contributed by atoms with Gasteiger partial charge in [-0.3, -0.25) is 9.78 Å². The second kappa shape index (κ2) is 4.40. The molecule has 0 saturated carbocycles. The Hall–Kier alpha value is -1.75. The maximum Gasteiger partial charge on any atom is 0.293 e. The smallest absolute Gasteiger partial charge is 0.293 e. The van der Waals surface area contributed by atoms with Crippen LogP contribution in [0.2, 0.25) is 0 Å². The number of likely N-dealkylation sites (N-methyl/N-ethyl adjacent to an activating group) is 1. The average Bonchev–Trinajstić information content (AvgIpc) is 2.28. The van der Waals surface area contributed by atoms with Gasteiger partial charge in [-0.25, -0.2) is 4.68 Å². The van der Waals surface area contributed by atoms with Gasteiger partial charge in [-0.2, -0.15) is 5.10 Å². The zero-order valence-electron chi connectivity index (χ0n) is 9.42. The van der Waals surface area contributed by atoms with Crippen LogP contribution in [0.15, 0.2) is 29.3 Å². The second-order valence-corrected chi connectivity index (χ2v) is 3.92. The minimum absolute atomic E-state index is 0.125. The van der Waals surface area contributed by atoms with E-state index in [4.69, 9.17) is 0 Å². The normalized spacial score (nSPS) is 11.2. The van der Waals surface area contributed by atoms with Crippen LogP contribution in [0.4, 0.5) is 0 Å². The highest BCUT2D eigenvalue weighted by Crippen LogP contribution is 2.02. The summed E-state index contributed by atoms with van der Waals surface area (Å²) in [7, 11) is 3.93. The molecule has 2 aromatic heterocycles. The topological polar surface area (TPSA) is 51.0 Å². The fourth-order valence-electron chi connectivity index (χ4n) is 1.46. The van der Waals surface area contributed by atoms with Crippen molar-refractivity contribution in [3.63, 3.8) is 0 Å². The molecule has 0 aromatic carbocycles. The molecule has 0 fully saturated rings. The van der Waals surface area contributed by atoms with Crippen LogP contribution in [0.3, 0.4) is 0 Å². The Kier molecular flexibility index (Phi) is 2.96. The lowest BCUT2D eigenvalue weighted by molar-refractivity contribution is 0.368. The zero-order chi connectivity index (χ0) is 11.5. The summed E-state index contributed by atoms with van der Waals surface area (Å²) >= 11 is 0. The Balaban J connectivity index is 2.41. The predicted octanol–water partition coefficient (Wildman–Crippen LogP) is 0.353. The van der Waals surface area contributed by atoms with Crippen LogP contribution in [0, 0.1) is 0 Å². The summed E-state index contributed by atoms with van der Waals surface area (Å²) in [6.45, 7) is 1.36. The zero-order valence-corrected chi connectivity index (χ0v) is 9.42.